The largest absolute Gasteiger partial charge is 0.387 e. The van der Waals surface area contributed by atoms with Crippen molar-refractivity contribution in [2.75, 3.05) is 6.54 Å². The Bertz CT molecular complexity index is 725. The lowest BCUT2D eigenvalue weighted by Crippen LogP contribution is -2.28. The Labute approximate surface area is 126 Å². The zero-order valence-corrected chi connectivity index (χ0v) is 12.3. The van der Waals surface area contributed by atoms with Gasteiger partial charge in [0, 0.05) is 18.9 Å². The summed E-state index contributed by atoms with van der Waals surface area (Å²) in [5.74, 6) is -0.677. The Morgan fingerprint density at radius 2 is 2.14 bits per heavy atom. The molecule has 0 bridgehead atoms. The van der Waals surface area contributed by atoms with Crippen LogP contribution in [0.15, 0.2) is 47.6 Å². The Kier molecular flexibility index (Phi) is 4.89. The van der Waals surface area contributed by atoms with Crippen molar-refractivity contribution in [1.82, 2.24) is 9.71 Å². The van der Waals surface area contributed by atoms with Crippen molar-refractivity contribution in [3.8, 4) is 0 Å². The summed E-state index contributed by atoms with van der Waals surface area (Å²) in [7, 11) is -3.77. The summed E-state index contributed by atoms with van der Waals surface area (Å²) in [6.07, 6.45) is 1.45. The minimum atomic E-state index is -3.77. The molecule has 0 radical (unpaired) electrons. The van der Waals surface area contributed by atoms with Gasteiger partial charge in [0.05, 0.1) is 11.1 Å². The van der Waals surface area contributed by atoms with E-state index < -0.39 is 21.9 Å². The molecule has 0 saturated carbocycles. The highest BCUT2D eigenvalue weighted by atomic mass is 35.5. The van der Waals surface area contributed by atoms with Crippen molar-refractivity contribution >= 4 is 21.6 Å². The summed E-state index contributed by atoms with van der Waals surface area (Å²) in [4.78, 5) is 3.70. The lowest BCUT2D eigenvalue weighted by Gasteiger charge is -2.13. The summed E-state index contributed by atoms with van der Waals surface area (Å²) < 4.78 is 39.4. The summed E-state index contributed by atoms with van der Waals surface area (Å²) >= 11 is 5.54. The second-order valence-electron chi connectivity index (χ2n) is 4.23. The number of aromatic nitrogens is 1. The first-order valence-electron chi connectivity index (χ1n) is 5.93. The van der Waals surface area contributed by atoms with E-state index in [-0.39, 0.29) is 22.0 Å². The maximum Gasteiger partial charge on any atom is 0.242 e. The molecule has 0 saturated heterocycles. The number of halogens is 2. The van der Waals surface area contributed by atoms with E-state index in [2.05, 4.69) is 9.71 Å². The quantitative estimate of drug-likeness (QED) is 0.877. The summed E-state index contributed by atoms with van der Waals surface area (Å²) in [5.41, 5.74) is 0.228. The summed E-state index contributed by atoms with van der Waals surface area (Å²) in [6, 6.07) is 6.65. The molecule has 0 aliphatic carbocycles. The van der Waals surface area contributed by atoms with Crippen molar-refractivity contribution in [2.45, 2.75) is 11.0 Å². The molecule has 1 heterocycles. The van der Waals surface area contributed by atoms with E-state index in [1.165, 1.54) is 36.7 Å². The molecule has 1 aromatic carbocycles. The summed E-state index contributed by atoms with van der Waals surface area (Å²) in [6.45, 7) is -0.293. The molecule has 2 aromatic rings. The van der Waals surface area contributed by atoms with Crippen LogP contribution in [-0.2, 0) is 10.0 Å². The van der Waals surface area contributed by atoms with Crippen molar-refractivity contribution in [1.29, 1.82) is 0 Å². The van der Waals surface area contributed by atoms with Crippen LogP contribution in [0.5, 0.6) is 0 Å². The van der Waals surface area contributed by atoms with Gasteiger partial charge in [-0.05, 0) is 29.8 Å². The zero-order valence-electron chi connectivity index (χ0n) is 10.7. The van der Waals surface area contributed by atoms with Gasteiger partial charge in [0.15, 0.2) is 0 Å². The molecule has 112 valence electrons. The number of pyridine rings is 1. The molecule has 2 N–H and O–H groups in total. The average Bonchev–Trinajstić information content (AvgIpc) is 2.48. The smallest absolute Gasteiger partial charge is 0.242 e. The van der Waals surface area contributed by atoms with Gasteiger partial charge in [0.25, 0.3) is 0 Å². The van der Waals surface area contributed by atoms with Crippen LogP contribution in [0.4, 0.5) is 4.39 Å². The second-order valence-corrected chi connectivity index (χ2v) is 6.40. The topological polar surface area (TPSA) is 79.3 Å². The predicted octanol–water partition coefficient (Wildman–Crippen LogP) is 1.89. The Morgan fingerprint density at radius 3 is 2.76 bits per heavy atom. The second kappa shape index (κ2) is 6.48. The fourth-order valence-electron chi connectivity index (χ4n) is 1.62. The minimum absolute atomic E-state index is 0.0144. The first kappa shape index (κ1) is 15.8. The molecule has 21 heavy (non-hydrogen) atoms. The van der Waals surface area contributed by atoms with Crippen LogP contribution in [0.3, 0.4) is 0 Å². The molecule has 1 aromatic heterocycles. The number of benzene rings is 1. The number of rotatable bonds is 5. The van der Waals surface area contributed by atoms with E-state index in [0.717, 1.165) is 6.07 Å². The van der Waals surface area contributed by atoms with Crippen molar-refractivity contribution in [3.63, 3.8) is 0 Å². The van der Waals surface area contributed by atoms with Crippen molar-refractivity contribution < 1.29 is 17.9 Å². The van der Waals surface area contributed by atoms with Crippen LogP contribution in [-0.4, -0.2) is 25.1 Å². The number of aliphatic hydroxyl groups is 1. The average molecular weight is 331 g/mol. The fraction of sp³-hybridized carbons (Fsp3) is 0.154. The van der Waals surface area contributed by atoms with Crippen LogP contribution in [0.25, 0.3) is 0 Å². The molecule has 8 heteroatoms. The molecular formula is C13H12ClFN2O3S. The lowest BCUT2D eigenvalue weighted by molar-refractivity contribution is 0.181. The Hall–Kier alpha value is -1.54. The van der Waals surface area contributed by atoms with Gasteiger partial charge >= 0.3 is 0 Å². The van der Waals surface area contributed by atoms with Crippen LogP contribution >= 0.6 is 11.6 Å². The maximum atomic E-state index is 13.3. The highest BCUT2D eigenvalue weighted by molar-refractivity contribution is 7.89. The number of hydrogen-bond acceptors (Lipinski definition) is 4. The van der Waals surface area contributed by atoms with E-state index in [1.807, 2.05) is 0 Å². The Balaban J connectivity index is 2.07. The van der Waals surface area contributed by atoms with E-state index in [4.69, 9.17) is 11.6 Å². The molecule has 1 atom stereocenters. The first-order chi connectivity index (χ1) is 9.90. The lowest BCUT2D eigenvalue weighted by atomic mass is 10.1. The minimum Gasteiger partial charge on any atom is -0.387 e. The molecular weight excluding hydrogens is 319 g/mol. The van der Waals surface area contributed by atoms with Crippen molar-refractivity contribution in [3.05, 3.63) is 59.1 Å². The SMILES string of the molecule is O=S(=O)(NCC(O)c1ccc(Cl)c(F)c1)c1cccnc1. The highest BCUT2D eigenvalue weighted by Crippen LogP contribution is 2.20. The van der Waals surface area contributed by atoms with Gasteiger partial charge < -0.3 is 5.11 Å². The van der Waals surface area contributed by atoms with E-state index >= 15 is 0 Å². The monoisotopic (exact) mass is 330 g/mol. The zero-order chi connectivity index (χ0) is 15.5. The fourth-order valence-corrected chi connectivity index (χ4v) is 2.73. The van der Waals surface area contributed by atoms with Gasteiger partial charge in [-0.2, -0.15) is 0 Å². The molecule has 0 fully saturated rings. The van der Waals surface area contributed by atoms with Crippen LogP contribution in [0.2, 0.25) is 5.02 Å². The number of hydrogen-bond donors (Lipinski definition) is 2. The van der Waals surface area contributed by atoms with Gasteiger partial charge in [-0.3, -0.25) is 4.98 Å². The van der Waals surface area contributed by atoms with E-state index in [1.54, 1.807) is 0 Å². The van der Waals surface area contributed by atoms with E-state index in [0.29, 0.717) is 0 Å². The van der Waals surface area contributed by atoms with Crippen molar-refractivity contribution in [2.24, 2.45) is 0 Å². The van der Waals surface area contributed by atoms with Gasteiger partial charge in [-0.1, -0.05) is 17.7 Å². The number of aliphatic hydroxyl groups excluding tert-OH is 1. The molecule has 0 amide bonds. The van der Waals surface area contributed by atoms with Gasteiger partial charge in [0.2, 0.25) is 10.0 Å². The maximum absolute atomic E-state index is 13.3. The first-order valence-corrected chi connectivity index (χ1v) is 7.79. The third kappa shape index (κ3) is 3.98. The standard InChI is InChI=1S/C13H12ClFN2O3S/c14-11-4-3-9(6-12(11)15)13(18)8-17-21(19,20)10-2-1-5-16-7-10/h1-7,13,17-18H,8H2. The van der Waals surface area contributed by atoms with Gasteiger partial charge in [0.1, 0.15) is 10.7 Å². The number of sulfonamides is 1. The van der Waals surface area contributed by atoms with Gasteiger partial charge in [-0.15, -0.1) is 0 Å². The number of nitrogens with one attached hydrogen (secondary N) is 1. The van der Waals surface area contributed by atoms with E-state index in [9.17, 15) is 17.9 Å². The number of nitrogens with zero attached hydrogens (tertiary/aromatic N) is 1. The molecule has 2 rings (SSSR count). The third-order valence-corrected chi connectivity index (χ3v) is 4.46. The van der Waals surface area contributed by atoms with Crippen LogP contribution < -0.4 is 4.72 Å². The molecule has 1 unspecified atom stereocenters. The van der Waals surface area contributed by atoms with Gasteiger partial charge in [-0.25, -0.2) is 17.5 Å². The third-order valence-electron chi connectivity index (χ3n) is 2.74. The molecule has 0 aliphatic rings. The highest BCUT2D eigenvalue weighted by Gasteiger charge is 2.17. The van der Waals surface area contributed by atoms with Crippen LogP contribution in [0.1, 0.15) is 11.7 Å². The summed E-state index contributed by atoms with van der Waals surface area (Å²) in [5, 5.41) is 9.83. The molecule has 0 spiro atoms. The van der Waals surface area contributed by atoms with Crippen LogP contribution in [0, 0.1) is 5.82 Å². The normalized spacial score (nSPS) is 13.1. The molecule has 0 aliphatic heterocycles. The molecule has 5 nitrogen and oxygen atoms in total. The predicted molar refractivity (Wildman–Crippen MR) is 75.8 cm³/mol. The Morgan fingerprint density at radius 1 is 1.38 bits per heavy atom.